The number of ketones is 1. The third-order valence-corrected chi connectivity index (χ3v) is 4.34. The Bertz CT molecular complexity index is 1000. The zero-order valence-corrected chi connectivity index (χ0v) is 15.9. The smallest absolute Gasteiger partial charge is 0.185 e. The number of phenols is 1. The highest BCUT2D eigenvalue weighted by Gasteiger charge is 2.07. The summed E-state index contributed by atoms with van der Waals surface area (Å²) >= 11 is 0. The number of benzene rings is 3. The molecule has 0 aromatic heterocycles. The Labute approximate surface area is 164 Å². The van der Waals surface area contributed by atoms with Gasteiger partial charge in [-0.05, 0) is 54.5 Å². The molecule has 0 aliphatic heterocycles. The molecule has 0 unspecified atom stereocenters. The van der Waals surface area contributed by atoms with Crippen LogP contribution >= 0.6 is 0 Å². The lowest BCUT2D eigenvalue weighted by Gasteiger charge is -2.12. The normalized spacial score (nSPS) is 10.8. The highest BCUT2D eigenvalue weighted by Crippen LogP contribution is 2.24. The number of aryl methyl sites for hydroxylation is 1. The van der Waals surface area contributed by atoms with Gasteiger partial charge in [0.05, 0.1) is 7.11 Å². The summed E-state index contributed by atoms with van der Waals surface area (Å²) in [6.45, 7) is 2.36. The topological polar surface area (TPSA) is 55.8 Å². The van der Waals surface area contributed by atoms with Gasteiger partial charge in [-0.3, -0.25) is 4.79 Å². The maximum Gasteiger partial charge on any atom is 0.185 e. The zero-order chi connectivity index (χ0) is 19.9. The Kier molecular flexibility index (Phi) is 6.12. The molecule has 142 valence electrons. The second-order valence-corrected chi connectivity index (χ2v) is 6.37. The van der Waals surface area contributed by atoms with Crippen molar-refractivity contribution in [3.05, 3.63) is 95.1 Å². The molecule has 4 nitrogen and oxygen atoms in total. The maximum atomic E-state index is 12.3. The standard InChI is InChI=1S/C24H22O4/c1-17-6-3-4-9-23(17)28-16-20-14-18(11-13-24(20)27-2)10-12-22(26)19-7-5-8-21(25)15-19/h3-15,25H,16H2,1-2H3/b12-10+. The molecule has 0 saturated heterocycles. The van der Waals surface area contributed by atoms with Gasteiger partial charge >= 0.3 is 0 Å². The number of aromatic hydroxyl groups is 1. The molecule has 0 fully saturated rings. The lowest BCUT2D eigenvalue weighted by molar-refractivity contribution is 0.104. The van der Waals surface area contributed by atoms with Gasteiger partial charge in [-0.2, -0.15) is 0 Å². The van der Waals surface area contributed by atoms with Gasteiger partial charge in [-0.25, -0.2) is 0 Å². The van der Waals surface area contributed by atoms with Crippen LogP contribution in [0.5, 0.6) is 17.2 Å². The van der Waals surface area contributed by atoms with Crippen molar-refractivity contribution in [2.24, 2.45) is 0 Å². The number of methoxy groups -OCH3 is 1. The monoisotopic (exact) mass is 374 g/mol. The Morgan fingerprint density at radius 2 is 1.82 bits per heavy atom. The molecule has 4 heteroatoms. The predicted molar refractivity (Wildman–Crippen MR) is 110 cm³/mol. The Balaban J connectivity index is 1.76. The molecule has 0 aliphatic carbocycles. The van der Waals surface area contributed by atoms with Crippen molar-refractivity contribution < 1.29 is 19.4 Å². The number of ether oxygens (including phenoxy) is 2. The van der Waals surface area contributed by atoms with E-state index in [0.717, 1.165) is 28.2 Å². The third-order valence-electron chi connectivity index (χ3n) is 4.34. The summed E-state index contributed by atoms with van der Waals surface area (Å²) in [7, 11) is 1.62. The van der Waals surface area contributed by atoms with Crippen LogP contribution in [0.2, 0.25) is 0 Å². The van der Waals surface area contributed by atoms with Gasteiger partial charge in [0.15, 0.2) is 5.78 Å². The molecule has 0 aliphatic rings. The number of hydrogen-bond acceptors (Lipinski definition) is 4. The van der Waals surface area contributed by atoms with Gasteiger partial charge < -0.3 is 14.6 Å². The van der Waals surface area contributed by atoms with Gasteiger partial charge in [-0.1, -0.05) is 42.5 Å². The summed E-state index contributed by atoms with van der Waals surface area (Å²) in [5.41, 5.74) is 3.25. The molecular formula is C24H22O4. The molecule has 0 atom stereocenters. The fourth-order valence-corrected chi connectivity index (χ4v) is 2.82. The van der Waals surface area contributed by atoms with E-state index >= 15 is 0 Å². The van der Waals surface area contributed by atoms with Crippen LogP contribution in [0.25, 0.3) is 6.08 Å². The number of para-hydroxylation sites is 1. The van der Waals surface area contributed by atoms with Gasteiger partial charge in [0.2, 0.25) is 0 Å². The van der Waals surface area contributed by atoms with E-state index in [1.54, 1.807) is 25.3 Å². The Morgan fingerprint density at radius 1 is 1.00 bits per heavy atom. The average molecular weight is 374 g/mol. The molecule has 3 rings (SSSR count). The van der Waals surface area contributed by atoms with Crippen molar-refractivity contribution in [3.8, 4) is 17.2 Å². The zero-order valence-electron chi connectivity index (χ0n) is 15.9. The SMILES string of the molecule is COc1ccc(/C=C/C(=O)c2cccc(O)c2)cc1COc1ccccc1C. The highest BCUT2D eigenvalue weighted by atomic mass is 16.5. The van der Waals surface area contributed by atoms with Crippen LogP contribution in [0.3, 0.4) is 0 Å². The number of carbonyl (C=O) groups is 1. The molecule has 28 heavy (non-hydrogen) atoms. The van der Waals surface area contributed by atoms with Crippen molar-refractivity contribution in [2.75, 3.05) is 7.11 Å². The maximum absolute atomic E-state index is 12.3. The minimum Gasteiger partial charge on any atom is -0.508 e. The molecule has 0 bridgehead atoms. The summed E-state index contributed by atoms with van der Waals surface area (Å²) in [5.74, 6) is 1.44. The summed E-state index contributed by atoms with van der Waals surface area (Å²) < 4.78 is 11.4. The van der Waals surface area contributed by atoms with E-state index < -0.39 is 0 Å². The van der Waals surface area contributed by atoms with Crippen molar-refractivity contribution in [1.29, 1.82) is 0 Å². The second kappa shape index (κ2) is 8.91. The first-order chi connectivity index (χ1) is 13.6. The van der Waals surface area contributed by atoms with E-state index in [2.05, 4.69) is 0 Å². The first-order valence-corrected chi connectivity index (χ1v) is 8.93. The quantitative estimate of drug-likeness (QED) is 0.457. The number of rotatable bonds is 7. The fourth-order valence-electron chi connectivity index (χ4n) is 2.82. The molecular weight excluding hydrogens is 352 g/mol. The lowest BCUT2D eigenvalue weighted by Crippen LogP contribution is -2.00. The first kappa shape index (κ1) is 19.2. The van der Waals surface area contributed by atoms with Crippen molar-refractivity contribution in [3.63, 3.8) is 0 Å². The molecule has 3 aromatic rings. The van der Waals surface area contributed by atoms with E-state index in [0.29, 0.717) is 12.2 Å². The van der Waals surface area contributed by atoms with E-state index in [4.69, 9.17) is 9.47 Å². The lowest BCUT2D eigenvalue weighted by atomic mass is 10.1. The van der Waals surface area contributed by atoms with Gasteiger partial charge in [0.25, 0.3) is 0 Å². The van der Waals surface area contributed by atoms with E-state index in [1.165, 1.54) is 18.2 Å². The Morgan fingerprint density at radius 3 is 2.57 bits per heavy atom. The number of carbonyl (C=O) groups excluding carboxylic acids is 1. The molecule has 0 amide bonds. The van der Waals surface area contributed by atoms with Gasteiger partial charge in [-0.15, -0.1) is 0 Å². The first-order valence-electron chi connectivity index (χ1n) is 8.93. The van der Waals surface area contributed by atoms with E-state index in [1.807, 2.05) is 49.4 Å². The van der Waals surface area contributed by atoms with Crippen molar-refractivity contribution in [1.82, 2.24) is 0 Å². The van der Waals surface area contributed by atoms with Crippen LogP contribution in [0.1, 0.15) is 27.0 Å². The largest absolute Gasteiger partial charge is 0.508 e. The summed E-state index contributed by atoms with van der Waals surface area (Å²) in [6.07, 6.45) is 3.23. The Hall–Kier alpha value is -3.53. The summed E-state index contributed by atoms with van der Waals surface area (Å²) in [4.78, 5) is 12.3. The van der Waals surface area contributed by atoms with Crippen LogP contribution in [-0.2, 0) is 6.61 Å². The highest BCUT2D eigenvalue weighted by molar-refractivity contribution is 6.07. The molecule has 0 spiro atoms. The van der Waals surface area contributed by atoms with Crippen LogP contribution < -0.4 is 9.47 Å². The minimum absolute atomic E-state index is 0.0688. The minimum atomic E-state index is -0.176. The van der Waals surface area contributed by atoms with Gasteiger partial charge in [0, 0.05) is 11.1 Å². The van der Waals surface area contributed by atoms with Crippen LogP contribution in [0.15, 0.2) is 72.8 Å². The molecule has 1 N–H and O–H groups in total. The fraction of sp³-hybridized carbons (Fsp3) is 0.125. The van der Waals surface area contributed by atoms with Crippen LogP contribution in [0.4, 0.5) is 0 Å². The average Bonchev–Trinajstić information content (AvgIpc) is 2.71. The molecule has 0 heterocycles. The summed E-state index contributed by atoms with van der Waals surface area (Å²) in [6, 6.07) is 19.8. The second-order valence-electron chi connectivity index (χ2n) is 6.37. The molecule has 0 radical (unpaired) electrons. The van der Waals surface area contributed by atoms with E-state index in [-0.39, 0.29) is 11.5 Å². The predicted octanol–water partition coefficient (Wildman–Crippen LogP) is 5.18. The number of phenolic OH excluding ortho intramolecular Hbond substituents is 1. The van der Waals surface area contributed by atoms with Crippen molar-refractivity contribution in [2.45, 2.75) is 13.5 Å². The number of allylic oxidation sites excluding steroid dienone is 1. The van der Waals surface area contributed by atoms with Crippen molar-refractivity contribution >= 4 is 11.9 Å². The molecule has 0 saturated carbocycles. The van der Waals surface area contributed by atoms with E-state index in [9.17, 15) is 9.90 Å². The summed E-state index contributed by atoms with van der Waals surface area (Å²) in [5, 5.41) is 9.51. The third kappa shape index (κ3) is 4.80. The van der Waals surface area contributed by atoms with Gasteiger partial charge in [0.1, 0.15) is 23.9 Å². The van der Waals surface area contributed by atoms with Crippen LogP contribution in [0, 0.1) is 6.92 Å². The molecule has 3 aromatic carbocycles. The number of hydrogen-bond donors (Lipinski definition) is 1. The van der Waals surface area contributed by atoms with Crippen LogP contribution in [-0.4, -0.2) is 18.0 Å².